The smallest absolute Gasteiger partial charge is 0.306 e. The van der Waals surface area contributed by atoms with Gasteiger partial charge >= 0.3 is 5.97 Å². The molecule has 0 spiro atoms. The number of rotatable bonds is 9. The summed E-state index contributed by atoms with van der Waals surface area (Å²) in [6.07, 6.45) is 6.22. The molecular weight excluding hydrogens is 434 g/mol. The monoisotopic (exact) mass is 463 g/mol. The van der Waals surface area contributed by atoms with Crippen LogP contribution in [-0.2, 0) is 20.7 Å². The molecule has 1 aliphatic rings. The second kappa shape index (κ2) is 11.9. The van der Waals surface area contributed by atoms with Gasteiger partial charge in [0.05, 0.1) is 26.2 Å². The van der Waals surface area contributed by atoms with E-state index in [1.54, 1.807) is 49.4 Å². The molecular formula is C26H29N3O5. The zero-order valence-corrected chi connectivity index (χ0v) is 19.4. The molecule has 1 atom stereocenters. The molecule has 1 amide bonds. The van der Waals surface area contributed by atoms with Crippen molar-refractivity contribution < 1.29 is 23.8 Å². The molecule has 1 heterocycles. The SMILES string of the molecule is C#CCN(C)C(=N)c1ccc(C(=O)Nc2ccc3c(c2)CC(CC(=O)OCCOC)CO3)cc1. The first kappa shape index (κ1) is 24.8. The van der Waals surface area contributed by atoms with E-state index in [0.29, 0.717) is 43.0 Å². The first-order chi connectivity index (χ1) is 16.4. The van der Waals surface area contributed by atoms with Crippen molar-refractivity contribution in [1.82, 2.24) is 4.90 Å². The van der Waals surface area contributed by atoms with E-state index >= 15 is 0 Å². The van der Waals surface area contributed by atoms with Gasteiger partial charge in [-0.1, -0.05) is 18.1 Å². The summed E-state index contributed by atoms with van der Waals surface area (Å²) in [5.74, 6) is 3.01. The largest absolute Gasteiger partial charge is 0.493 e. The van der Waals surface area contributed by atoms with Crippen LogP contribution in [0.5, 0.6) is 5.75 Å². The van der Waals surface area contributed by atoms with Gasteiger partial charge in [0.1, 0.15) is 18.2 Å². The highest BCUT2D eigenvalue weighted by molar-refractivity contribution is 6.05. The summed E-state index contributed by atoms with van der Waals surface area (Å²) in [7, 11) is 3.30. The minimum Gasteiger partial charge on any atom is -0.493 e. The van der Waals surface area contributed by atoms with Gasteiger partial charge in [-0.05, 0) is 42.3 Å². The molecule has 0 saturated carbocycles. The van der Waals surface area contributed by atoms with Crippen LogP contribution in [0.1, 0.15) is 27.9 Å². The summed E-state index contributed by atoms with van der Waals surface area (Å²) < 4.78 is 15.8. The van der Waals surface area contributed by atoms with E-state index in [1.165, 1.54) is 0 Å². The number of hydrogen-bond donors (Lipinski definition) is 2. The van der Waals surface area contributed by atoms with Gasteiger partial charge < -0.3 is 24.4 Å². The lowest BCUT2D eigenvalue weighted by Gasteiger charge is -2.25. The Morgan fingerprint density at radius 3 is 2.65 bits per heavy atom. The van der Waals surface area contributed by atoms with E-state index in [9.17, 15) is 9.59 Å². The fraction of sp³-hybridized carbons (Fsp3) is 0.346. The third-order valence-corrected chi connectivity index (χ3v) is 5.44. The van der Waals surface area contributed by atoms with Gasteiger partial charge in [-0.3, -0.25) is 15.0 Å². The van der Waals surface area contributed by atoms with Crippen LogP contribution in [0.2, 0.25) is 0 Å². The Hall–Kier alpha value is -3.83. The Balaban J connectivity index is 1.60. The molecule has 0 aromatic heterocycles. The van der Waals surface area contributed by atoms with E-state index in [1.807, 2.05) is 12.1 Å². The number of carbonyl (C=O) groups excluding carboxylic acids is 2. The number of fused-ring (bicyclic) bond motifs is 1. The first-order valence-electron chi connectivity index (χ1n) is 11.0. The van der Waals surface area contributed by atoms with Gasteiger partial charge in [-0.15, -0.1) is 6.42 Å². The second-order valence-corrected chi connectivity index (χ2v) is 8.06. The van der Waals surface area contributed by atoms with Crippen molar-refractivity contribution in [3.05, 3.63) is 59.2 Å². The number of terminal acetylenes is 1. The van der Waals surface area contributed by atoms with E-state index < -0.39 is 0 Å². The van der Waals surface area contributed by atoms with Gasteiger partial charge in [0, 0.05) is 36.9 Å². The Morgan fingerprint density at radius 2 is 1.94 bits per heavy atom. The Morgan fingerprint density at radius 1 is 1.21 bits per heavy atom. The van der Waals surface area contributed by atoms with E-state index in [4.69, 9.17) is 26.0 Å². The van der Waals surface area contributed by atoms with Crippen LogP contribution in [0.15, 0.2) is 42.5 Å². The number of hydrogen-bond acceptors (Lipinski definition) is 6. The topological polar surface area (TPSA) is 101 Å². The van der Waals surface area contributed by atoms with Crippen LogP contribution in [0.25, 0.3) is 0 Å². The number of carbonyl (C=O) groups is 2. The molecule has 178 valence electrons. The fourth-order valence-corrected chi connectivity index (χ4v) is 3.62. The van der Waals surface area contributed by atoms with Crippen molar-refractivity contribution in [1.29, 1.82) is 5.41 Å². The third-order valence-electron chi connectivity index (χ3n) is 5.44. The van der Waals surface area contributed by atoms with Crippen LogP contribution in [0, 0.1) is 23.7 Å². The minimum absolute atomic E-state index is 0.00367. The lowest BCUT2D eigenvalue weighted by molar-refractivity contribution is -0.146. The quantitative estimate of drug-likeness (QED) is 0.195. The number of nitrogens with one attached hydrogen (secondary N) is 2. The highest BCUT2D eigenvalue weighted by Crippen LogP contribution is 2.31. The van der Waals surface area contributed by atoms with Crippen molar-refractivity contribution in [2.75, 3.05) is 45.8 Å². The maximum atomic E-state index is 12.7. The molecule has 1 unspecified atom stereocenters. The number of amidine groups is 1. The standard InChI is InChI=1S/C26H29N3O5/c1-4-11-29(2)25(27)19-5-7-20(8-6-19)26(31)28-22-9-10-23-21(16-22)14-18(17-34-23)15-24(30)33-13-12-32-3/h1,5-10,16,18,27H,11-15,17H2,2-3H3,(H,28,31). The summed E-state index contributed by atoms with van der Waals surface area (Å²) in [6.45, 7) is 1.38. The van der Waals surface area contributed by atoms with Crippen molar-refractivity contribution >= 4 is 23.4 Å². The van der Waals surface area contributed by atoms with Gasteiger partial charge in [-0.25, -0.2) is 0 Å². The summed E-state index contributed by atoms with van der Waals surface area (Å²) >= 11 is 0. The summed E-state index contributed by atoms with van der Waals surface area (Å²) in [6, 6.07) is 12.3. The molecule has 2 aromatic carbocycles. The van der Waals surface area contributed by atoms with Crippen LogP contribution in [0.4, 0.5) is 5.69 Å². The van der Waals surface area contributed by atoms with E-state index in [2.05, 4.69) is 11.2 Å². The summed E-state index contributed by atoms with van der Waals surface area (Å²) in [5, 5.41) is 11.1. The van der Waals surface area contributed by atoms with Crippen molar-refractivity contribution in [2.45, 2.75) is 12.8 Å². The highest BCUT2D eigenvalue weighted by Gasteiger charge is 2.23. The Bertz CT molecular complexity index is 1070. The fourth-order valence-electron chi connectivity index (χ4n) is 3.62. The molecule has 8 nitrogen and oxygen atoms in total. The Kier molecular flexibility index (Phi) is 8.66. The van der Waals surface area contributed by atoms with Gasteiger partial charge in [0.25, 0.3) is 5.91 Å². The number of amides is 1. The molecule has 34 heavy (non-hydrogen) atoms. The molecule has 0 bridgehead atoms. The second-order valence-electron chi connectivity index (χ2n) is 8.06. The predicted molar refractivity (Wildman–Crippen MR) is 129 cm³/mol. The molecule has 3 rings (SSSR count). The number of benzene rings is 2. The summed E-state index contributed by atoms with van der Waals surface area (Å²) in [5.41, 5.74) is 2.72. The molecule has 2 N–H and O–H groups in total. The zero-order chi connectivity index (χ0) is 24.5. The number of methoxy groups -OCH3 is 1. The van der Waals surface area contributed by atoms with E-state index in [-0.39, 0.29) is 36.7 Å². The average Bonchev–Trinajstić information content (AvgIpc) is 2.83. The molecule has 0 saturated heterocycles. The number of ether oxygens (including phenoxy) is 3. The zero-order valence-electron chi connectivity index (χ0n) is 19.4. The number of anilines is 1. The van der Waals surface area contributed by atoms with E-state index in [0.717, 1.165) is 11.3 Å². The highest BCUT2D eigenvalue weighted by atomic mass is 16.6. The molecule has 1 aliphatic heterocycles. The first-order valence-corrected chi connectivity index (χ1v) is 11.0. The van der Waals surface area contributed by atoms with Crippen molar-refractivity contribution in [3.8, 4) is 18.1 Å². The lowest BCUT2D eigenvalue weighted by atomic mass is 9.93. The van der Waals surface area contributed by atoms with Crippen LogP contribution < -0.4 is 10.1 Å². The average molecular weight is 464 g/mol. The van der Waals surface area contributed by atoms with Crippen molar-refractivity contribution in [3.63, 3.8) is 0 Å². The molecule has 2 aromatic rings. The normalized spacial score (nSPS) is 14.2. The maximum Gasteiger partial charge on any atom is 0.306 e. The summed E-state index contributed by atoms with van der Waals surface area (Å²) in [4.78, 5) is 26.4. The number of nitrogens with zero attached hydrogens (tertiary/aromatic N) is 1. The van der Waals surface area contributed by atoms with Gasteiger partial charge in [0.2, 0.25) is 0 Å². The number of esters is 1. The maximum absolute atomic E-state index is 12.7. The lowest BCUT2D eigenvalue weighted by Crippen LogP contribution is -2.27. The van der Waals surface area contributed by atoms with Crippen LogP contribution in [0.3, 0.4) is 0 Å². The molecule has 0 fully saturated rings. The molecule has 0 radical (unpaired) electrons. The van der Waals surface area contributed by atoms with Crippen molar-refractivity contribution in [2.24, 2.45) is 5.92 Å². The van der Waals surface area contributed by atoms with Crippen LogP contribution in [-0.4, -0.2) is 63.1 Å². The Labute approximate surface area is 199 Å². The molecule has 8 heteroatoms. The van der Waals surface area contributed by atoms with Gasteiger partial charge in [0.15, 0.2) is 0 Å². The third kappa shape index (κ3) is 6.59. The minimum atomic E-state index is -0.277. The molecule has 0 aliphatic carbocycles. The van der Waals surface area contributed by atoms with Crippen LogP contribution >= 0.6 is 0 Å². The van der Waals surface area contributed by atoms with Gasteiger partial charge in [-0.2, -0.15) is 0 Å². The predicted octanol–water partition coefficient (Wildman–Crippen LogP) is 2.96.